The van der Waals surface area contributed by atoms with E-state index >= 15 is 0 Å². The molecule has 0 aliphatic carbocycles. The van der Waals surface area contributed by atoms with Gasteiger partial charge in [-0.15, -0.1) is 0 Å². The van der Waals surface area contributed by atoms with E-state index < -0.39 is 0 Å². The molecule has 0 radical (unpaired) electrons. The van der Waals surface area contributed by atoms with Gasteiger partial charge >= 0.3 is 0 Å². The first-order valence-corrected chi connectivity index (χ1v) is 6.96. The molecule has 0 saturated carbocycles. The minimum absolute atomic E-state index is 0.0378. The van der Waals surface area contributed by atoms with Gasteiger partial charge in [0.1, 0.15) is 5.82 Å². The third-order valence-electron chi connectivity index (χ3n) is 2.93. The third-order valence-corrected chi connectivity index (χ3v) is 2.93. The summed E-state index contributed by atoms with van der Waals surface area (Å²) in [5.74, 6) is -0.218. The van der Waals surface area contributed by atoms with E-state index in [2.05, 4.69) is 19.2 Å². The van der Waals surface area contributed by atoms with E-state index in [1.165, 1.54) is 0 Å². The highest BCUT2D eigenvalue weighted by Crippen LogP contribution is 2.20. The van der Waals surface area contributed by atoms with Crippen molar-refractivity contribution in [2.75, 3.05) is 24.6 Å². The van der Waals surface area contributed by atoms with Crippen molar-refractivity contribution in [3.63, 3.8) is 0 Å². The quantitative estimate of drug-likeness (QED) is 0.760. The summed E-state index contributed by atoms with van der Waals surface area (Å²) < 4.78 is 14.1. The summed E-state index contributed by atoms with van der Waals surface area (Å²) in [6, 6.07) is 5.70. The maximum atomic E-state index is 14.1. The highest BCUT2D eigenvalue weighted by Gasteiger charge is 2.11. The van der Waals surface area contributed by atoms with Gasteiger partial charge in [-0.1, -0.05) is 26.8 Å². The van der Waals surface area contributed by atoms with Crippen molar-refractivity contribution in [1.82, 2.24) is 5.32 Å². The first-order valence-electron chi connectivity index (χ1n) is 6.96. The van der Waals surface area contributed by atoms with E-state index in [-0.39, 0.29) is 12.4 Å². The van der Waals surface area contributed by atoms with Gasteiger partial charge in [0.2, 0.25) is 0 Å². The Hall–Kier alpha value is -1.13. The Labute approximate surface area is 115 Å². The molecule has 0 saturated heterocycles. The van der Waals surface area contributed by atoms with Crippen LogP contribution in [0.4, 0.5) is 10.1 Å². The summed E-state index contributed by atoms with van der Waals surface area (Å²) >= 11 is 0. The lowest BCUT2D eigenvalue weighted by atomic mass is 10.1. The van der Waals surface area contributed by atoms with Gasteiger partial charge in [0, 0.05) is 25.7 Å². The van der Waals surface area contributed by atoms with Crippen LogP contribution in [0.3, 0.4) is 0 Å². The van der Waals surface area contributed by atoms with E-state index in [9.17, 15) is 4.39 Å². The number of benzene rings is 1. The van der Waals surface area contributed by atoms with E-state index in [1.54, 1.807) is 12.1 Å². The second kappa shape index (κ2) is 8.12. The third kappa shape index (κ3) is 5.17. The van der Waals surface area contributed by atoms with Crippen LogP contribution in [0.5, 0.6) is 0 Å². The van der Waals surface area contributed by atoms with Crippen LogP contribution in [0.1, 0.15) is 32.8 Å². The van der Waals surface area contributed by atoms with Gasteiger partial charge in [0.05, 0.1) is 12.3 Å². The number of anilines is 1. The predicted octanol–water partition coefficient (Wildman–Crippen LogP) is 2.53. The van der Waals surface area contributed by atoms with Crippen LogP contribution in [-0.4, -0.2) is 30.8 Å². The molecule has 108 valence electrons. The minimum atomic E-state index is -0.218. The van der Waals surface area contributed by atoms with Gasteiger partial charge in [0.25, 0.3) is 0 Å². The number of halogens is 1. The first kappa shape index (κ1) is 15.9. The Morgan fingerprint density at radius 1 is 1.32 bits per heavy atom. The van der Waals surface area contributed by atoms with Crippen molar-refractivity contribution >= 4 is 5.69 Å². The minimum Gasteiger partial charge on any atom is -0.395 e. The van der Waals surface area contributed by atoms with Gasteiger partial charge in [-0.05, 0) is 24.1 Å². The Balaban J connectivity index is 2.79. The lowest BCUT2D eigenvalue weighted by Crippen LogP contribution is -2.28. The molecule has 0 heterocycles. The molecule has 0 bridgehead atoms. The highest BCUT2D eigenvalue weighted by molar-refractivity contribution is 5.49. The van der Waals surface area contributed by atoms with E-state index in [4.69, 9.17) is 5.11 Å². The molecule has 19 heavy (non-hydrogen) atoms. The average Bonchev–Trinajstić information content (AvgIpc) is 2.36. The molecule has 1 rings (SSSR count). The van der Waals surface area contributed by atoms with Gasteiger partial charge < -0.3 is 15.3 Å². The van der Waals surface area contributed by atoms with Crippen LogP contribution in [0.2, 0.25) is 0 Å². The number of aliphatic hydroxyl groups is 1. The molecule has 0 spiro atoms. The largest absolute Gasteiger partial charge is 0.395 e. The van der Waals surface area contributed by atoms with Crippen molar-refractivity contribution in [3.05, 3.63) is 29.6 Å². The van der Waals surface area contributed by atoms with Gasteiger partial charge in [-0.3, -0.25) is 0 Å². The molecule has 1 aromatic rings. The monoisotopic (exact) mass is 268 g/mol. The molecule has 0 aromatic heterocycles. The molecular formula is C15H25FN2O. The molecule has 4 heteroatoms. The first-order chi connectivity index (χ1) is 9.08. The number of nitrogens with one attached hydrogen (secondary N) is 1. The fourth-order valence-electron chi connectivity index (χ4n) is 1.98. The average molecular weight is 268 g/mol. The molecule has 0 unspecified atom stereocenters. The molecule has 1 aromatic carbocycles. The highest BCUT2D eigenvalue weighted by atomic mass is 19.1. The fourth-order valence-corrected chi connectivity index (χ4v) is 1.98. The number of nitrogens with zero attached hydrogens (tertiary/aromatic N) is 1. The zero-order chi connectivity index (χ0) is 14.3. The topological polar surface area (TPSA) is 35.5 Å². The maximum Gasteiger partial charge on any atom is 0.146 e. The Bertz CT molecular complexity index is 376. The zero-order valence-electron chi connectivity index (χ0n) is 12.1. The summed E-state index contributed by atoms with van der Waals surface area (Å²) in [4.78, 5) is 1.88. The fraction of sp³-hybridized carbons (Fsp3) is 0.600. The summed E-state index contributed by atoms with van der Waals surface area (Å²) in [5, 5.41) is 12.3. The second-order valence-electron chi connectivity index (χ2n) is 5.03. The van der Waals surface area contributed by atoms with Crippen molar-refractivity contribution in [1.29, 1.82) is 0 Å². The van der Waals surface area contributed by atoms with Crippen LogP contribution >= 0.6 is 0 Å². The molecular weight excluding hydrogens is 243 g/mol. The van der Waals surface area contributed by atoms with E-state index in [1.807, 2.05) is 17.9 Å². The van der Waals surface area contributed by atoms with Gasteiger partial charge in [-0.25, -0.2) is 4.39 Å². The van der Waals surface area contributed by atoms with E-state index in [0.717, 1.165) is 18.5 Å². The standard InChI is InChI=1S/C15H25FN2O/c1-4-7-18(8-9-19)15-6-5-13(10-14(15)16)11-17-12(2)3/h5-6,10,12,17,19H,4,7-9,11H2,1-3H3. The second-order valence-corrected chi connectivity index (χ2v) is 5.03. The van der Waals surface area contributed by atoms with E-state index in [0.29, 0.717) is 24.8 Å². The zero-order valence-corrected chi connectivity index (χ0v) is 12.1. The Morgan fingerprint density at radius 3 is 2.58 bits per heavy atom. The Morgan fingerprint density at radius 2 is 2.05 bits per heavy atom. The predicted molar refractivity (Wildman–Crippen MR) is 78.0 cm³/mol. The summed E-state index contributed by atoms with van der Waals surface area (Å²) in [5.41, 5.74) is 1.51. The van der Waals surface area contributed by atoms with Crippen LogP contribution in [-0.2, 0) is 6.54 Å². The normalized spacial score (nSPS) is 11.1. The Kier molecular flexibility index (Phi) is 6.81. The molecule has 2 N–H and O–H groups in total. The summed E-state index contributed by atoms with van der Waals surface area (Å²) in [7, 11) is 0. The van der Waals surface area contributed by atoms with Crippen LogP contribution in [0.25, 0.3) is 0 Å². The summed E-state index contributed by atoms with van der Waals surface area (Å²) in [6.45, 7) is 8.10. The number of aliphatic hydroxyl groups excluding tert-OH is 1. The lowest BCUT2D eigenvalue weighted by Gasteiger charge is -2.24. The van der Waals surface area contributed by atoms with Crippen LogP contribution < -0.4 is 10.2 Å². The molecule has 0 aliphatic heterocycles. The number of rotatable bonds is 8. The molecule has 0 aliphatic rings. The van der Waals surface area contributed by atoms with Gasteiger partial charge in [0.15, 0.2) is 0 Å². The SMILES string of the molecule is CCCN(CCO)c1ccc(CNC(C)C)cc1F. The molecule has 0 amide bonds. The van der Waals surface area contributed by atoms with Crippen molar-refractivity contribution in [3.8, 4) is 0 Å². The molecule has 0 atom stereocenters. The smallest absolute Gasteiger partial charge is 0.146 e. The summed E-state index contributed by atoms with van der Waals surface area (Å²) in [6.07, 6.45) is 0.927. The molecule has 0 fully saturated rings. The number of hydrogen-bond donors (Lipinski definition) is 2. The van der Waals surface area contributed by atoms with Gasteiger partial charge in [-0.2, -0.15) is 0 Å². The van der Waals surface area contributed by atoms with Crippen LogP contribution in [0.15, 0.2) is 18.2 Å². The van der Waals surface area contributed by atoms with Crippen LogP contribution in [0, 0.1) is 5.82 Å². The van der Waals surface area contributed by atoms with Crippen molar-refractivity contribution in [2.45, 2.75) is 39.8 Å². The maximum absolute atomic E-state index is 14.1. The lowest BCUT2D eigenvalue weighted by molar-refractivity contribution is 0.301. The van der Waals surface area contributed by atoms with Crippen molar-refractivity contribution < 1.29 is 9.50 Å². The number of hydrogen-bond acceptors (Lipinski definition) is 3. The molecule has 3 nitrogen and oxygen atoms in total. The van der Waals surface area contributed by atoms with Crippen molar-refractivity contribution in [2.24, 2.45) is 0 Å².